The van der Waals surface area contributed by atoms with E-state index in [4.69, 9.17) is 9.47 Å². The average Bonchev–Trinajstić information content (AvgIpc) is 3.11. The van der Waals surface area contributed by atoms with Crippen LogP contribution in [-0.2, 0) is 13.1 Å². The van der Waals surface area contributed by atoms with E-state index in [1.807, 2.05) is 37.3 Å². The summed E-state index contributed by atoms with van der Waals surface area (Å²) in [5.41, 5.74) is 4.18. The number of benzene rings is 1. The molecule has 140 valence electrons. The number of aromatic nitrogens is 2. The van der Waals surface area contributed by atoms with Crippen LogP contribution in [0.25, 0.3) is 0 Å². The fourth-order valence-corrected chi connectivity index (χ4v) is 3.47. The molecule has 6 nitrogen and oxygen atoms in total. The Kier molecular flexibility index (Phi) is 6.03. The summed E-state index contributed by atoms with van der Waals surface area (Å²) in [6.45, 7) is 2.90. The molecule has 1 amide bonds. The second kappa shape index (κ2) is 8.64. The molecule has 0 atom stereocenters. The van der Waals surface area contributed by atoms with Crippen molar-refractivity contribution >= 4 is 17.2 Å². The second-order valence-corrected chi connectivity index (χ2v) is 6.86. The highest BCUT2D eigenvalue weighted by Gasteiger charge is 2.23. The molecule has 0 saturated heterocycles. The Balaban J connectivity index is 1.94. The lowest BCUT2D eigenvalue weighted by molar-refractivity contribution is 0.0727. The van der Waals surface area contributed by atoms with Gasteiger partial charge in [0.2, 0.25) is 11.8 Å². The van der Waals surface area contributed by atoms with E-state index >= 15 is 0 Å². The summed E-state index contributed by atoms with van der Waals surface area (Å²) in [5.74, 6) is 0.494. The van der Waals surface area contributed by atoms with Gasteiger partial charge in [0, 0.05) is 17.5 Å². The molecule has 7 heteroatoms. The number of rotatable bonds is 7. The van der Waals surface area contributed by atoms with E-state index in [1.165, 1.54) is 14.2 Å². The van der Waals surface area contributed by atoms with Gasteiger partial charge in [-0.2, -0.15) is 4.98 Å². The van der Waals surface area contributed by atoms with Crippen LogP contribution in [0.1, 0.15) is 26.5 Å². The van der Waals surface area contributed by atoms with Crippen molar-refractivity contribution in [2.45, 2.75) is 20.0 Å². The van der Waals surface area contributed by atoms with Crippen molar-refractivity contribution < 1.29 is 14.3 Å². The van der Waals surface area contributed by atoms with Crippen LogP contribution in [0.4, 0.5) is 0 Å². The number of pyridine rings is 1. The Hall–Kier alpha value is -2.93. The summed E-state index contributed by atoms with van der Waals surface area (Å²) >= 11 is 1.55. The van der Waals surface area contributed by atoms with Gasteiger partial charge >= 0.3 is 0 Å². The molecule has 0 bridgehead atoms. The quantitative estimate of drug-likeness (QED) is 0.622. The Morgan fingerprint density at radius 1 is 1.07 bits per heavy atom. The lowest BCUT2D eigenvalue weighted by Gasteiger charge is -2.23. The standard InChI is InChI=1S/C20H21N3O3S/c1-14-17(27-13-21-14)12-23(11-15-7-5-4-6-8-15)20(24)16-9-10-18(25-2)22-19(16)26-3/h4-10,13H,11-12H2,1-3H3. The van der Waals surface area contributed by atoms with Crippen molar-refractivity contribution in [1.82, 2.24) is 14.9 Å². The molecule has 0 aliphatic rings. The van der Waals surface area contributed by atoms with Crippen LogP contribution in [0.15, 0.2) is 48.0 Å². The van der Waals surface area contributed by atoms with Crippen molar-refractivity contribution in [1.29, 1.82) is 0 Å². The molecule has 1 aromatic carbocycles. The van der Waals surface area contributed by atoms with Crippen molar-refractivity contribution in [2.75, 3.05) is 14.2 Å². The predicted octanol–water partition coefficient (Wildman–Crippen LogP) is 3.71. The summed E-state index contributed by atoms with van der Waals surface area (Å²) in [6, 6.07) is 13.2. The maximum atomic E-state index is 13.3. The largest absolute Gasteiger partial charge is 0.481 e. The summed E-state index contributed by atoms with van der Waals surface area (Å²) in [5, 5.41) is 0. The summed E-state index contributed by atoms with van der Waals surface area (Å²) in [6.07, 6.45) is 0. The van der Waals surface area contributed by atoms with Crippen LogP contribution in [0.3, 0.4) is 0 Å². The number of carbonyl (C=O) groups excluding carboxylic acids is 1. The van der Waals surface area contributed by atoms with E-state index < -0.39 is 0 Å². The van der Waals surface area contributed by atoms with Gasteiger partial charge in [-0.15, -0.1) is 11.3 Å². The van der Waals surface area contributed by atoms with Gasteiger partial charge in [-0.3, -0.25) is 4.79 Å². The molecule has 0 spiro atoms. The highest BCUT2D eigenvalue weighted by molar-refractivity contribution is 7.09. The van der Waals surface area contributed by atoms with Gasteiger partial charge in [0.05, 0.1) is 32.0 Å². The zero-order chi connectivity index (χ0) is 19.2. The summed E-state index contributed by atoms with van der Waals surface area (Å²) < 4.78 is 10.4. The highest BCUT2D eigenvalue weighted by atomic mass is 32.1. The Morgan fingerprint density at radius 2 is 1.85 bits per heavy atom. The number of thiazole rings is 1. The summed E-state index contributed by atoms with van der Waals surface area (Å²) in [7, 11) is 3.02. The maximum Gasteiger partial charge on any atom is 0.259 e. The lowest BCUT2D eigenvalue weighted by Crippen LogP contribution is -2.30. The topological polar surface area (TPSA) is 64.5 Å². The van der Waals surface area contributed by atoms with Gasteiger partial charge in [0.15, 0.2) is 0 Å². The first-order chi connectivity index (χ1) is 13.1. The third kappa shape index (κ3) is 4.43. The number of amides is 1. The molecule has 2 heterocycles. The number of methoxy groups -OCH3 is 2. The van der Waals surface area contributed by atoms with Gasteiger partial charge in [-0.25, -0.2) is 4.98 Å². The molecule has 3 aromatic rings. The smallest absolute Gasteiger partial charge is 0.259 e. The van der Waals surface area contributed by atoms with Crippen molar-refractivity contribution in [3.8, 4) is 11.8 Å². The number of hydrogen-bond donors (Lipinski definition) is 0. The third-order valence-electron chi connectivity index (χ3n) is 4.15. The number of hydrogen-bond acceptors (Lipinski definition) is 6. The predicted molar refractivity (Wildman–Crippen MR) is 104 cm³/mol. The van der Waals surface area contributed by atoms with E-state index in [9.17, 15) is 4.79 Å². The minimum atomic E-state index is -0.154. The molecule has 3 rings (SSSR count). The van der Waals surface area contributed by atoms with E-state index in [2.05, 4.69) is 9.97 Å². The van der Waals surface area contributed by atoms with Crippen molar-refractivity contribution in [3.05, 3.63) is 69.7 Å². The average molecular weight is 383 g/mol. The first-order valence-electron chi connectivity index (χ1n) is 8.43. The van der Waals surface area contributed by atoms with Crippen LogP contribution in [0.5, 0.6) is 11.8 Å². The van der Waals surface area contributed by atoms with Gasteiger partial charge in [0.25, 0.3) is 5.91 Å². The third-order valence-corrected chi connectivity index (χ3v) is 5.07. The van der Waals surface area contributed by atoms with E-state index in [-0.39, 0.29) is 11.8 Å². The molecule has 0 aliphatic heterocycles. The van der Waals surface area contributed by atoms with Gasteiger partial charge < -0.3 is 14.4 Å². The van der Waals surface area contributed by atoms with Crippen LogP contribution in [-0.4, -0.2) is 35.0 Å². The first-order valence-corrected chi connectivity index (χ1v) is 9.31. The molecule has 0 aliphatic carbocycles. The molecule has 0 N–H and O–H groups in total. The molecule has 0 unspecified atom stereocenters. The van der Waals surface area contributed by atoms with Crippen LogP contribution >= 0.6 is 11.3 Å². The van der Waals surface area contributed by atoms with E-state index in [1.54, 1.807) is 33.9 Å². The molecular weight excluding hydrogens is 362 g/mol. The normalized spacial score (nSPS) is 10.5. The number of aryl methyl sites for hydroxylation is 1. The van der Waals surface area contributed by atoms with Crippen LogP contribution in [0.2, 0.25) is 0 Å². The highest BCUT2D eigenvalue weighted by Crippen LogP contribution is 2.24. The fourth-order valence-electron chi connectivity index (χ4n) is 2.68. The lowest BCUT2D eigenvalue weighted by atomic mass is 10.1. The molecule has 0 radical (unpaired) electrons. The second-order valence-electron chi connectivity index (χ2n) is 5.92. The van der Waals surface area contributed by atoms with Gasteiger partial charge in [-0.1, -0.05) is 30.3 Å². The monoisotopic (exact) mass is 383 g/mol. The number of carbonyl (C=O) groups is 1. The molecular formula is C20H21N3O3S. The molecule has 0 fully saturated rings. The Morgan fingerprint density at radius 3 is 2.48 bits per heavy atom. The Labute approximate surface area is 162 Å². The molecule has 0 saturated carbocycles. The summed E-state index contributed by atoms with van der Waals surface area (Å²) in [4.78, 5) is 24.7. The van der Waals surface area contributed by atoms with Crippen LogP contribution in [0, 0.1) is 6.92 Å². The fraction of sp³-hybridized carbons (Fsp3) is 0.250. The van der Waals surface area contributed by atoms with Gasteiger partial charge in [-0.05, 0) is 18.6 Å². The molecule has 2 aromatic heterocycles. The number of nitrogens with zero attached hydrogens (tertiary/aromatic N) is 3. The van der Waals surface area contributed by atoms with Gasteiger partial charge in [0.1, 0.15) is 5.56 Å². The van der Waals surface area contributed by atoms with Crippen molar-refractivity contribution in [3.63, 3.8) is 0 Å². The van der Waals surface area contributed by atoms with Crippen LogP contribution < -0.4 is 9.47 Å². The Bertz CT molecular complexity index is 912. The first kappa shape index (κ1) is 18.8. The minimum absolute atomic E-state index is 0.154. The number of ether oxygens (including phenoxy) is 2. The zero-order valence-corrected chi connectivity index (χ0v) is 16.3. The van der Waals surface area contributed by atoms with E-state index in [0.717, 1.165) is 16.1 Å². The maximum absolute atomic E-state index is 13.3. The SMILES string of the molecule is COc1ccc(C(=O)N(Cc2ccccc2)Cc2scnc2C)c(OC)n1. The molecule has 27 heavy (non-hydrogen) atoms. The minimum Gasteiger partial charge on any atom is -0.481 e. The zero-order valence-electron chi connectivity index (χ0n) is 15.5. The van der Waals surface area contributed by atoms with Crippen molar-refractivity contribution in [2.24, 2.45) is 0 Å². The van der Waals surface area contributed by atoms with E-state index in [0.29, 0.717) is 24.5 Å².